The molecule has 1 amide bonds. The first-order chi connectivity index (χ1) is 10.7. The van der Waals surface area contributed by atoms with E-state index < -0.39 is 0 Å². The summed E-state index contributed by atoms with van der Waals surface area (Å²) >= 11 is 0. The van der Waals surface area contributed by atoms with Crippen LogP contribution in [0.5, 0.6) is 0 Å². The lowest BCUT2D eigenvalue weighted by Gasteiger charge is -2.16. The molecule has 0 aliphatic carbocycles. The SMILES string of the molecule is CC[C@@H](NC(=O)c1cc2ncccn2n1)c1cccc(C)n1. The van der Waals surface area contributed by atoms with Crippen LogP contribution in [0.1, 0.15) is 41.3 Å². The molecular weight excluding hydrogens is 278 g/mol. The molecule has 0 saturated heterocycles. The number of hydrogen-bond acceptors (Lipinski definition) is 4. The molecule has 3 aromatic rings. The molecule has 0 spiro atoms. The number of rotatable bonds is 4. The summed E-state index contributed by atoms with van der Waals surface area (Å²) < 4.78 is 1.58. The molecule has 3 aromatic heterocycles. The van der Waals surface area contributed by atoms with Gasteiger partial charge in [-0.25, -0.2) is 9.50 Å². The number of nitrogens with one attached hydrogen (secondary N) is 1. The molecule has 3 rings (SSSR count). The number of nitrogens with zero attached hydrogens (tertiary/aromatic N) is 4. The number of carbonyl (C=O) groups excluding carboxylic acids is 1. The molecule has 0 saturated carbocycles. The molecular formula is C16H17N5O. The molecule has 112 valence electrons. The van der Waals surface area contributed by atoms with Gasteiger partial charge in [-0.05, 0) is 31.5 Å². The van der Waals surface area contributed by atoms with Crippen molar-refractivity contribution >= 4 is 11.6 Å². The number of fused-ring (bicyclic) bond motifs is 1. The summed E-state index contributed by atoms with van der Waals surface area (Å²) in [4.78, 5) is 21.0. The van der Waals surface area contributed by atoms with E-state index in [1.165, 1.54) is 0 Å². The summed E-state index contributed by atoms with van der Waals surface area (Å²) in [6.07, 6.45) is 4.19. The van der Waals surface area contributed by atoms with E-state index in [2.05, 4.69) is 20.4 Å². The van der Waals surface area contributed by atoms with Gasteiger partial charge >= 0.3 is 0 Å². The quantitative estimate of drug-likeness (QED) is 0.801. The number of aryl methyl sites for hydroxylation is 1. The molecule has 0 aliphatic rings. The van der Waals surface area contributed by atoms with Crippen LogP contribution in [0, 0.1) is 6.92 Å². The molecule has 6 nitrogen and oxygen atoms in total. The molecule has 22 heavy (non-hydrogen) atoms. The second-order valence-corrected chi connectivity index (χ2v) is 5.09. The van der Waals surface area contributed by atoms with Gasteiger partial charge in [-0.1, -0.05) is 13.0 Å². The normalized spacial score (nSPS) is 12.3. The average molecular weight is 295 g/mol. The second-order valence-electron chi connectivity index (χ2n) is 5.09. The first kappa shape index (κ1) is 14.2. The van der Waals surface area contributed by atoms with Crippen molar-refractivity contribution in [1.82, 2.24) is 24.9 Å². The molecule has 6 heteroatoms. The molecule has 0 fully saturated rings. The van der Waals surface area contributed by atoms with Crippen molar-refractivity contribution < 1.29 is 4.79 Å². The highest BCUT2D eigenvalue weighted by molar-refractivity contribution is 5.93. The molecule has 0 radical (unpaired) electrons. The standard InChI is InChI=1S/C16H17N5O/c1-3-12(13-7-4-6-11(2)18-13)19-16(22)14-10-15-17-8-5-9-21(15)20-14/h4-10,12H,3H2,1-2H3,(H,19,22)/t12-/m1/s1. The zero-order valence-corrected chi connectivity index (χ0v) is 12.5. The lowest BCUT2D eigenvalue weighted by molar-refractivity contribution is 0.0929. The van der Waals surface area contributed by atoms with E-state index in [-0.39, 0.29) is 11.9 Å². The molecule has 1 N–H and O–H groups in total. The van der Waals surface area contributed by atoms with Crippen molar-refractivity contribution in [2.24, 2.45) is 0 Å². The highest BCUT2D eigenvalue weighted by Crippen LogP contribution is 2.15. The van der Waals surface area contributed by atoms with Crippen LogP contribution in [0.15, 0.2) is 42.7 Å². The Morgan fingerprint density at radius 3 is 2.95 bits per heavy atom. The molecule has 0 aromatic carbocycles. The Labute approximate surface area is 128 Å². The van der Waals surface area contributed by atoms with Crippen LogP contribution in [0.2, 0.25) is 0 Å². The van der Waals surface area contributed by atoms with Gasteiger partial charge in [0, 0.05) is 24.2 Å². The molecule has 3 heterocycles. The van der Waals surface area contributed by atoms with E-state index in [1.807, 2.05) is 32.0 Å². The van der Waals surface area contributed by atoms with Gasteiger partial charge in [-0.15, -0.1) is 0 Å². The van der Waals surface area contributed by atoms with Crippen LogP contribution in [0.3, 0.4) is 0 Å². The van der Waals surface area contributed by atoms with Gasteiger partial charge < -0.3 is 5.32 Å². The number of amides is 1. The predicted molar refractivity (Wildman–Crippen MR) is 82.5 cm³/mol. The second kappa shape index (κ2) is 5.93. The van der Waals surface area contributed by atoms with Gasteiger partial charge in [-0.3, -0.25) is 9.78 Å². The van der Waals surface area contributed by atoms with Crippen LogP contribution < -0.4 is 5.32 Å². The fourth-order valence-electron chi connectivity index (χ4n) is 2.32. The number of carbonyl (C=O) groups is 1. The van der Waals surface area contributed by atoms with Gasteiger partial charge in [0.2, 0.25) is 0 Å². The summed E-state index contributed by atoms with van der Waals surface area (Å²) in [6.45, 7) is 3.95. The van der Waals surface area contributed by atoms with Gasteiger partial charge in [-0.2, -0.15) is 5.10 Å². The Morgan fingerprint density at radius 1 is 1.36 bits per heavy atom. The zero-order valence-electron chi connectivity index (χ0n) is 12.5. The summed E-state index contributed by atoms with van der Waals surface area (Å²) in [5.74, 6) is -0.222. The summed E-state index contributed by atoms with van der Waals surface area (Å²) in [6, 6.07) is 9.11. The van der Waals surface area contributed by atoms with Crippen LogP contribution in [0.4, 0.5) is 0 Å². The van der Waals surface area contributed by atoms with Crippen LogP contribution in [-0.2, 0) is 0 Å². The Balaban J connectivity index is 1.82. The fraction of sp³-hybridized carbons (Fsp3) is 0.250. The van der Waals surface area contributed by atoms with Crippen molar-refractivity contribution in [3.63, 3.8) is 0 Å². The Morgan fingerprint density at radius 2 is 2.23 bits per heavy atom. The molecule has 0 unspecified atom stereocenters. The smallest absolute Gasteiger partial charge is 0.272 e. The monoisotopic (exact) mass is 295 g/mol. The summed E-state index contributed by atoms with van der Waals surface area (Å²) in [5.41, 5.74) is 2.79. The fourth-order valence-corrected chi connectivity index (χ4v) is 2.32. The maximum absolute atomic E-state index is 12.4. The largest absolute Gasteiger partial charge is 0.342 e. The van der Waals surface area contributed by atoms with Crippen molar-refractivity contribution in [2.75, 3.05) is 0 Å². The van der Waals surface area contributed by atoms with E-state index in [0.717, 1.165) is 17.8 Å². The molecule has 0 bridgehead atoms. The van der Waals surface area contributed by atoms with Gasteiger partial charge in [0.05, 0.1) is 11.7 Å². The van der Waals surface area contributed by atoms with Crippen molar-refractivity contribution in [3.05, 3.63) is 59.8 Å². The summed E-state index contributed by atoms with van der Waals surface area (Å²) in [5, 5.41) is 7.22. The topological polar surface area (TPSA) is 72.2 Å². The maximum Gasteiger partial charge on any atom is 0.272 e. The Bertz CT molecular complexity index is 778. The third-order valence-corrected chi connectivity index (χ3v) is 3.45. The summed E-state index contributed by atoms with van der Waals surface area (Å²) in [7, 11) is 0. The minimum absolute atomic E-state index is 0.134. The zero-order chi connectivity index (χ0) is 15.5. The number of aromatic nitrogens is 4. The van der Waals surface area contributed by atoms with Crippen LogP contribution in [-0.4, -0.2) is 25.5 Å². The lowest BCUT2D eigenvalue weighted by atomic mass is 10.1. The maximum atomic E-state index is 12.4. The van der Waals surface area contributed by atoms with E-state index in [0.29, 0.717) is 11.3 Å². The third-order valence-electron chi connectivity index (χ3n) is 3.45. The third kappa shape index (κ3) is 2.81. The van der Waals surface area contributed by atoms with Gasteiger partial charge in [0.25, 0.3) is 5.91 Å². The first-order valence-electron chi connectivity index (χ1n) is 7.22. The Kier molecular flexibility index (Phi) is 3.82. The minimum atomic E-state index is -0.222. The minimum Gasteiger partial charge on any atom is -0.342 e. The van der Waals surface area contributed by atoms with E-state index in [1.54, 1.807) is 29.0 Å². The Hall–Kier alpha value is -2.76. The predicted octanol–water partition coefficient (Wildman–Crippen LogP) is 2.31. The molecule has 0 aliphatic heterocycles. The van der Waals surface area contributed by atoms with Gasteiger partial charge in [0.1, 0.15) is 0 Å². The van der Waals surface area contributed by atoms with Crippen LogP contribution >= 0.6 is 0 Å². The first-order valence-corrected chi connectivity index (χ1v) is 7.22. The number of pyridine rings is 1. The van der Waals surface area contributed by atoms with Crippen LogP contribution in [0.25, 0.3) is 5.65 Å². The van der Waals surface area contributed by atoms with Crippen molar-refractivity contribution in [3.8, 4) is 0 Å². The highest BCUT2D eigenvalue weighted by atomic mass is 16.2. The van der Waals surface area contributed by atoms with E-state index >= 15 is 0 Å². The highest BCUT2D eigenvalue weighted by Gasteiger charge is 2.17. The van der Waals surface area contributed by atoms with Crippen molar-refractivity contribution in [1.29, 1.82) is 0 Å². The van der Waals surface area contributed by atoms with E-state index in [9.17, 15) is 4.79 Å². The van der Waals surface area contributed by atoms with E-state index in [4.69, 9.17) is 0 Å². The molecule has 1 atom stereocenters. The van der Waals surface area contributed by atoms with Gasteiger partial charge in [0.15, 0.2) is 11.3 Å². The lowest BCUT2D eigenvalue weighted by Crippen LogP contribution is -2.29. The van der Waals surface area contributed by atoms with Crippen molar-refractivity contribution in [2.45, 2.75) is 26.3 Å². The number of hydrogen-bond donors (Lipinski definition) is 1. The average Bonchev–Trinajstić information content (AvgIpc) is 2.96.